The Balaban J connectivity index is 2.21. The van der Waals surface area contributed by atoms with Crippen LogP contribution in [0.2, 0.25) is 0 Å². The summed E-state index contributed by atoms with van der Waals surface area (Å²) in [6.07, 6.45) is 3.69. The molecule has 0 bridgehead atoms. The molecular weight excluding hydrogens is 248 g/mol. The fraction of sp³-hybridized carbons (Fsp3) is 0.176. The molecule has 1 aromatic carbocycles. The fourth-order valence-corrected chi connectivity index (χ4v) is 2.43. The molecule has 20 heavy (non-hydrogen) atoms. The molecule has 0 spiro atoms. The minimum Gasteiger partial charge on any atom is -0.481 e. The van der Waals surface area contributed by atoms with Crippen molar-refractivity contribution in [2.45, 2.75) is 13.8 Å². The standard InChI is InChI=1S/C17H16N2O/c1-11-4-5-15-14(6-7-18-16(15)8-11)13-9-12(2)17(20-3)19-10-13/h4-10H,1-3H3. The maximum Gasteiger partial charge on any atom is 0.215 e. The van der Waals surface area contributed by atoms with Gasteiger partial charge in [0.2, 0.25) is 5.88 Å². The molecule has 0 unspecified atom stereocenters. The number of pyridine rings is 2. The highest BCUT2D eigenvalue weighted by atomic mass is 16.5. The van der Waals surface area contributed by atoms with Gasteiger partial charge in [0, 0.05) is 28.9 Å². The van der Waals surface area contributed by atoms with Crippen LogP contribution in [0.25, 0.3) is 22.0 Å². The van der Waals surface area contributed by atoms with Crippen LogP contribution in [0.3, 0.4) is 0 Å². The van der Waals surface area contributed by atoms with Crippen molar-refractivity contribution >= 4 is 10.9 Å². The number of aryl methyl sites for hydroxylation is 2. The van der Waals surface area contributed by atoms with Crippen molar-refractivity contribution in [3.8, 4) is 17.0 Å². The largest absolute Gasteiger partial charge is 0.481 e. The summed E-state index contributed by atoms with van der Waals surface area (Å²) in [4.78, 5) is 8.79. The predicted molar refractivity (Wildman–Crippen MR) is 81.0 cm³/mol. The molecule has 0 saturated carbocycles. The van der Waals surface area contributed by atoms with Gasteiger partial charge < -0.3 is 4.74 Å². The van der Waals surface area contributed by atoms with E-state index in [-0.39, 0.29) is 0 Å². The summed E-state index contributed by atoms with van der Waals surface area (Å²) in [6.45, 7) is 4.08. The molecule has 0 atom stereocenters. The lowest BCUT2D eigenvalue weighted by Gasteiger charge is -2.09. The lowest BCUT2D eigenvalue weighted by molar-refractivity contribution is 0.394. The molecule has 0 N–H and O–H groups in total. The van der Waals surface area contributed by atoms with E-state index in [9.17, 15) is 0 Å². The molecular formula is C17H16N2O. The molecule has 3 aromatic rings. The van der Waals surface area contributed by atoms with E-state index >= 15 is 0 Å². The molecule has 0 radical (unpaired) electrons. The quantitative estimate of drug-likeness (QED) is 0.703. The SMILES string of the molecule is COc1ncc(-c2ccnc3cc(C)ccc23)cc1C. The number of methoxy groups -OCH3 is 1. The topological polar surface area (TPSA) is 35.0 Å². The maximum atomic E-state index is 5.22. The summed E-state index contributed by atoms with van der Waals surface area (Å²) in [6, 6.07) is 10.5. The second-order valence-corrected chi connectivity index (χ2v) is 4.93. The second-order valence-electron chi connectivity index (χ2n) is 4.93. The van der Waals surface area contributed by atoms with Gasteiger partial charge >= 0.3 is 0 Å². The molecule has 2 heterocycles. The molecule has 0 aliphatic carbocycles. The second kappa shape index (κ2) is 4.93. The third kappa shape index (κ3) is 2.11. The van der Waals surface area contributed by atoms with E-state index in [1.807, 2.05) is 25.4 Å². The molecule has 0 saturated heterocycles. The normalized spacial score (nSPS) is 10.8. The number of rotatable bonds is 2. The van der Waals surface area contributed by atoms with Gasteiger partial charge in [0.15, 0.2) is 0 Å². The van der Waals surface area contributed by atoms with E-state index in [4.69, 9.17) is 4.74 Å². The van der Waals surface area contributed by atoms with E-state index < -0.39 is 0 Å². The smallest absolute Gasteiger partial charge is 0.215 e. The van der Waals surface area contributed by atoms with Crippen molar-refractivity contribution in [1.82, 2.24) is 9.97 Å². The van der Waals surface area contributed by atoms with Gasteiger partial charge in [0.05, 0.1) is 12.6 Å². The van der Waals surface area contributed by atoms with E-state index in [0.717, 1.165) is 27.6 Å². The highest BCUT2D eigenvalue weighted by Crippen LogP contribution is 2.29. The number of ether oxygens (including phenoxy) is 1. The van der Waals surface area contributed by atoms with E-state index in [0.29, 0.717) is 5.88 Å². The lowest BCUT2D eigenvalue weighted by atomic mass is 10.0. The van der Waals surface area contributed by atoms with Crippen molar-refractivity contribution < 1.29 is 4.74 Å². The maximum absolute atomic E-state index is 5.22. The third-order valence-corrected chi connectivity index (χ3v) is 3.43. The molecule has 3 heteroatoms. The van der Waals surface area contributed by atoms with Crippen LogP contribution in [0.1, 0.15) is 11.1 Å². The number of benzene rings is 1. The molecule has 0 aliphatic rings. The first-order valence-electron chi connectivity index (χ1n) is 6.55. The van der Waals surface area contributed by atoms with Crippen LogP contribution in [0, 0.1) is 13.8 Å². The Hall–Kier alpha value is -2.42. The molecule has 0 fully saturated rings. The first-order chi connectivity index (χ1) is 9.69. The Morgan fingerprint density at radius 2 is 1.85 bits per heavy atom. The van der Waals surface area contributed by atoms with Crippen molar-refractivity contribution in [2.75, 3.05) is 7.11 Å². The third-order valence-electron chi connectivity index (χ3n) is 3.43. The molecule has 3 rings (SSSR count). The predicted octanol–water partition coefficient (Wildman–Crippen LogP) is 3.92. The summed E-state index contributed by atoms with van der Waals surface area (Å²) in [7, 11) is 1.64. The Morgan fingerprint density at radius 1 is 1.00 bits per heavy atom. The van der Waals surface area contributed by atoms with Crippen molar-refractivity contribution in [3.05, 3.63) is 53.9 Å². The molecule has 3 nitrogen and oxygen atoms in total. The summed E-state index contributed by atoms with van der Waals surface area (Å²) in [5.74, 6) is 0.669. The van der Waals surface area contributed by atoms with Crippen LogP contribution >= 0.6 is 0 Å². The van der Waals surface area contributed by atoms with Crippen LogP contribution < -0.4 is 4.74 Å². The highest BCUT2D eigenvalue weighted by molar-refractivity contribution is 5.94. The Labute approximate surface area is 118 Å². The number of aromatic nitrogens is 2. The van der Waals surface area contributed by atoms with Gasteiger partial charge in [-0.3, -0.25) is 4.98 Å². The fourth-order valence-electron chi connectivity index (χ4n) is 2.43. The molecule has 0 aliphatic heterocycles. The van der Waals surface area contributed by atoms with Crippen LogP contribution in [-0.4, -0.2) is 17.1 Å². The minimum atomic E-state index is 0.669. The van der Waals surface area contributed by atoms with Gasteiger partial charge in [0.1, 0.15) is 0 Å². The van der Waals surface area contributed by atoms with Gasteiger partial charge in [-0.05, 0) is 43.2 Å². The van der Waals surface area contributed by atoms with Gasteiger partial charge in [-0.25, -0.2) is 4.98 Å². The van der Waals surface area contributed by atoms with Crippen LogP contribution in [0.4, 0.5) is 0 Å². The van der Waals surface area contributed by atoms with Crippen LogP contribution in [-0.2, 0) is 0 Å². The van der Waals surface area contributed by atoms with Gasteiger partial charge in [-0.1, -0.05) is 12.1 Å². The number of nitrogens with zero attached hydrogens (tertiary/aromatic N) is 2. The monoisotopic (exact) mass is 264 g/mol. The number of hydrogen-bond acceptors (Lipinski definition) is 3. The van der Waals surface area contributed by atoms with Gasteiger partial charge in [-0.2, -0.15) is 0 Å². The molecule has 100 valence electrons. The highest BCUT2D eigenvalue weighted by Gasteiger charge is 2.07. The zero-order valence-electron chi connectivity index (χ0n) is 11.8. The van der Waals surface area contributed by atoms with Crippen molar-refractivity contribution in [1.29, 1.82) is 0 Å². The minimum absolute atomic E-state index is 0.669. The Kier molecular flexibility index (Phi) is 3.11. The van der Waals surface area contributed by atoms with Crippen molar-refractivity contribution in [3.63, 3.8) is 0 Å². The zero-order chi connectivity index (χ0) is 14.1. The van der Waals surface area contributed by atoms with E-state index in [1.54, 1.807) is 7.11 Å². The summed E-state index contributed by atoms with van der Waals surface area (Å²) >= 11 is 0. The summed E-state index contributed by atoms with van der Waals surface area (Å²) in [5, 5.41) is 1.14. The molecule has 0 amide bonds. The number of fused-ring (bicyclic) bond motifs is 1. The lowest BCUT2D eigenvalue weighted by Crippen LogP contribution is -1.92. The van der Waals surface area contributed by atoms with Crippen molar-refractivity contribution in [2.24, 2.45) is 0 Å². The molecule has 2 aromatic heterocycles. The average Bonchev–Trinajstić information content (AvgIpc) is 2.46. The Morgan fingerprint density at radius 3 is 2.60 bits per heavy atom. The Bertz CT molecular complexity index is 781. The summed E-state index contributed by atoms with van der Waals surface area (Å²) < 4.78 is 5.22. The zero-order valence-corrected chi connectivity index (χ0v) is 11.8. The summed E-state index contributed by atoms with van der Waals surface area (Å²) in [5.41, 5.74) is 5.48. The van der Waals surface area contributed by atoms with Crippen LogP contribution in [0.15, 0.2) is 42.7 Å². The van der Waals surface area contributed by atoms with E-state index in [2.05, 4.69) is 41.2 Å². The first kappa shape index (κ1) is 12.6. The first-order valence-corrected chi connectivity index (χ1v) is 6.55. The van der Waals surface area contributed by atoms with E-state index in [1.165, 1.54) is 5.56 Å². The van der Waals surface area contributed by atoms with Gasteiger partial charge in [-0.15, -0.1) is 0 Å². The van der Waals surface area contributed by atoms with Gasteiger partial charge in [0.25, 0.3) is 0 Å². The van der Waals surface area contributed by atoms with Crippen LogP contribution in [0.5, 0.6) is 5.88 Å². The number of hydrogen-bond donors (Lipinski definition) is 0. The average molecular weight is 264 g/mol.